The number of aromatic nitrogens is 5. The maximum atomic E-state index is 13.4. The Kier molecular flexibility index (Phi) is 10.1. The van der Waals surface area contributed by atoms with Crippen LogP contribution in [0.15, 0.2) is 97.3 Å². The summed E-state index contributed by atoms with van der Waals surface area (Å²) in [5.74, 6) is 2.46. The van der Waals surface area contributed by atoms with E-state index in [1.807, 2.05) is 36.4 Å². The van der Waals surface area contributed by atoms with Gasteiger partial charge in [-0.05, 0) is 94.4 Å². The molecule has 12 nitrogen and oxygen atoms in total. The summed E-state index contributed by atoms with van der Waals surface area (Å²) in [5.41, 5.74) is 7.94. The molecule has 0 bridgehead atoms. The number of fused-ring (bicyclic) bond motifs is 1. The smallest absolute Gasteiger partial charge is 0.255 e. The van der Waals surface area contributed by atoms with Crippen molar-refractivity contribution in [3.8, 4) is 51.2 Å². The first-order valence-corrected chi connectivity index (χ1v) is 16.9. The Hall–Kier alpha value is -6.27. The minimum atomic E-state index is -0.303. The second-order valence-electron chi connectivity index (χ2n) is 12.3. The number of hydrogen-bond acceptors (Lipinski definition) is 10. The van der Waals surface area contributed by atoms with Gasteiger partial charge < -0.3 is 24.3 Å². The SMILES string of the molecule is COc1cc2c(cc1OC)CN(CCc1ccc(-n3nnc(-c4cc(OC)c(OC)cc4NC(=O)c4ccc(-c5cccnc5)cc4)n3)cc1)CC2. The highest BCUT2D eigenvalue weighted by molar-refractivity contribution is 6.06. The number of carbonyl (C=O) groups is 1. The molecule has 7 rings (SSSR count). The van der Waals surface area contributed by atoms with Gasteiger partial charge in [0.05, 0.1) is 45.4 Å². The largest absolute Gasteiger partial charge is 0.493 e. The van der Waals surface area contributed by atoms with Crippen LogP contribution < -0.4 is 24.3 Å². The van der Waals surface area contributed by atoms with E-state index in [4.69, 9.17) is 18.9 Å². The number of ether oxygens (including phenoxy) is 4. The van der Waals surface area contributed by atoms with Crippen LogP contribution in [0.4, 0.5) is 5.69 Å². The van der Waals surface area contributed by atoms with E-state index in [9.17, 15) is 4.79 Å². The Bertz CT molecular complexity index is 2170. The molecule has 2 aromatic heterocycles. The summed E-state index contributed by atoms with van der Waals surface area (Å²) >= 11 is 0. The van der Waals surface area contributed by atoms with Crippen molar-refractivity contribution >= 4 is 11.6 Å². The Morgan fingerprint density at radius 3 is 2.17 bits per heavy atom. The van der Waals surface area contributed by atoms with Crippen LogP contribution in [0.3, 0.4) is 0 Å². The summed E-state index contributed by atoms with van der Waals surface area (Å²) in [4.78, 5) is 21.6. The number of nitrogens with zero attached hydrogens (tertiary/aromatic N) is 6. The molecule has 0 aliphatic carbocycles. The fraction of sp³-hybridized carbons (Fsp3) is 0.225. The van der Waals surface area contributed by atoms with Crippen molar-refractivity contribution < 1.29 is 23.7 Å². The summed E-state index contributed by atoms with van der Waals surface area (Å²) in [6.07, 6.45) is 5.38. The van der Waals surface area contributed by atoms with Crippen molar-refractivity contribution in [3.63, 3.8) is 0 Å². The highest BCUT2D eigenvalue weighted by Gasteiger charge is 2.21. The first kappa shape index (κ1) is 34.2. The Morgan fingerprint density at radius 1 is 0.788 bits per heavy atom. The van der Waals surface area contributed by atoms with Crippen LogP contribution in [0, 0.1) is 0 Å². The third-order valence-electron chi connectivity index (χ3n) is 9.25. The lowest BCUT2D eigenvalue weighted by molar-refractivity contribution is 0.102. The van der Waals surface area contributed by atoms with Crippen molar-refractivity contribution in [2.24, 2.45) is 0 Å². The maximum Gasteiger partial charge on any atom is 0.255 e. The van der Waals surface area contributed by atoms with Crippen molar-refractivity contribution in [3.05, 3.63) is 120 Å². The van der Waals surface area contributed by atoms with E-state index in [1.165, 1.54) is 21.5 Å². The molecule has 264 valence electrons. The van der Waals surface area contributed by atoms with Gasteiger partial charge in [-0.3, -0.25) is 14.7 Å². The predicted octanol–water partition coefficient (Wildman–Crippen LogP) is 6.28. The lowest BCUT2D eigenvalue weighted by Gasteiger charge is -2.29. The van der Waals surface area contributed by atoms with Gasteiger partial charge in [0.1, 0.15) is 0 Å². The van der Waals surface area contributed by atoms with E-state index >= 15 is 0 Å². The minimum absolute atomic E-state index is 0.303. The van der Waals surface area contributed by atoms with Crippen LogP contribution in [-0.4, -0.2) is 77.5 Å². The molecule has 52 heavy (non-hydrogen) atoms. The molecule has 0 spiro atoms. The molecule has 0 saturated heterocycles. The molecule has 0 radical (unpaired) electrons. The number of amides is 1. The molecule has 4 aromatic carbocycles. The number of nitrogens with one attached hydrogen (secondary N) is 1. The topological polar surface area (TPSA) is 126 Å². The number of carbonyl (C=O) groups excluding carboxylic acids is 1. The second kappa shape index (κ2) is 15.3. The van der Waals surface area contributed by atoms with E-state index in [2.05, 4.69) is 54.9 Å². The molecule has 0 fully saturated rings. The van der Waals surface area contributed by atoms with E-state index in [-0.39, 0.29) is 5.91 Å². The van der Waals surface area contributed by atoms with Crippen molar-refractivity contribution in [2.45, 2.75) is 19.4 Å². The maximum absolute atomic E-state index is 13.4. The normalized spacial score (nSPS) is 12.5. The van der Waals surface area contributed by atoms with Gasteiger partial charge in [-0.2, -0.15) is 0 Å². The van der Waals surface area contributed by atoms with E-state index < -0.39 is 0 Å². The average molecular weight is 698 g/mol. The second-order valence-corrected chi connectivity index (χ2v) is 12.3. The zero-order chi connectivity index (χ0) is 36.0. The molecular formula is C40H39N7O5. The number of hydrogen-bond donors (Lipinski definition) is 1. The standard InChI is InChI=1S/C40H39N7O5/c1-49-35-20-29-16-19-46(25-31(29)21-36(35)50-2)18-15-26-7-13-32(14-8-26)47-44-39(43-45-47)33-22-37(51-3)38(52-4)23-34(33)42-40(48)28-11-9-27(10-12-28)30-6-5-17-41-24-30/h5-14,17,20-24H,15-16,18-19,25H2,1-4H3,(H,42,48). The van der Waals surface area contributed by atoms with E-state index in [0.29, 0.717) is 34.1 Å². The molecule has 0 atom stereocenters. The van der Waals surface area contributed by atoms with Gasteiger partial charge in [0, 0.05) is 43.7 Å². The molecule has 0 saturated carbocycles. The fourth-order valence-corrected chi connectivity index (χ4v) is 6.36. The fourth-order valence-electron chi connectivity index (χ4n) is 6.36. The van der Waals surface area contributed by atoms with Gasteiger partial charge in [-0.25, -0.2) is 0 Å². The molecule has 1 N–H and O–H groups in total. The van der Waals surface area contributed by atoms with Gasteiger partial charge >= 0.3 is 0 Å². The molecule has 12 heteroatoms. The van der Waals surface area contributed by atoms with E-state index in [0.717, 1.165) is 60.8 Å². The molecule has 0 unspecified atom stereocenters. The number of rotatable bonds is 12. The minimum Gasteiger partial charge on any atom is -0.493 e. The van der Waals surface area contributed by atoms with Gasteiger partial charge in [0.2, 0.25) is 5.82 Å². The summed E-state index contributed by atoms with van der Waals surface area (Å²) in [7, 11) is 6.43. The Labute approximate surface area is 301 Å². The Morgan fingerprint density at radius 2 is 1.48 bits per heavy atom. The number of tetrazole rings is 1. The van der Waals surface area contributed by atoms with Crippen LogP contribution in [0.25, 0.3) is 28.2 Å². The number of anilines is 1. The lowest BCUT2D eigenvalue weighted by Crippen LogP contribution is -2.32. The highest BCUT2D eigenvalue weighted by Crippen LogP contribution is 2.38. The van der Waals surface area contributed by atoms with Crippen molar-refractivity contribution in [1.82, 2.24) is 30.1 Å². The first-order chi connectivity index (χ1) is 25.5. The highest BCUT2D eigenvalue weighted by atomic mass is 16.5. The van der Waals surface area contributed by atoms with Crippen molar-refractivity contribution in [2.75, 3.05) is 46.8 Å². The Balaban J connectivity index is 1.05. The van der Waals surface area contributed by atoms with Gasteiger partial charge in [-0.1, -0.05) is 30.3 Å². The van der Waals surface area contributed by atoms with E-state index in [1.54, 1.807) is 65.1 Å². The first-order valence-electron chi connectivity index (χ1n) is 16.9. The van der Waals surface area contributed by atoms with Crippen molar-refractivity contribution in [1.29, 1.82) is 0 Å². The molecule has 1 aliphatic heterocycles. The van der Waals surface area contributed by atoms with Crippen LogP contribution in [0.2, 0.25) is 0 Å². The van der Waals surface area contributed by atoms with Crippen LogP contribution >= 0.6 is 0 Å². The molecule has 1 aliphatic rings. The summed E-state index contributed by atoms with van der Waals surface area (Å²) in [6.45, 7) is 2.79. The van der Waals surface area contributed by atoms with Gasteiger partial charge in [0.25, 0.3) is 5.91 Å². The monoisotopic (exact) mass is 697 g/mol. The van der Waals surface area contributed by atoms with Gasteiger partial charge in [-0.15, -0.1) is 15.0 Å². The summed E-state index contributed by atoms with van der Waals surface area (Å²) in [6, 6.07) is 26.9. The zero-order valence-corrected chi connectivity index (χ0v) is 29.5. The number of pyridine rings is 1. The third-order valence-corrected chi connectivity index (χ3v) is 9.25. The molecule has 3 heterocycles. The van der Waals surface area contributed by atoms with Gasteiger partial charge in [0.15, 0.2) is 23.0 Å². The number of methoxy groups -OCH3 is 4. The zero-order valence-electron chi connectivity index (χ0n) is 29.5. The number of benzene rings is 4. The van der Waals surface area contributed by atoms with Crippen LogP contribution in [0.1, 0.15) is 27.0 Å². The quantitative estimate of drug-likeness (QED) is 0.156. The summed E-state index contributed by atoms with van der Waals surface area (Å²) in [5, 5.41) is 16.4. The molecule has 1 amide bonds. The molecule has 6 aromatic rings. The average Bonchev–Trinajstić information content (AvgIpc) is 3.70. The predicted molar refractivity (Wildman–Crippen MR) is 198 cm³/mol. The third kappa shape index (κ3) is 7.28. The lowest BCUT2D eigenvalue weighted by atomic mass is 9.98. The van der Waals surface area contributed by atoms with Crippen LogP contribution in [0.5, 0.6) is 23.0 Å². The van der Waals surface area contributed by atoms with Crippen LogP contribution in [-0.2, 0) is 19.4 Å². The summed E-state index contributed by atoms with van der Waals surface area (Å²) < 4.78 is 22.1. The molecular weight excluding hydrogens is 658 g/mol.